The molecule has 3 rings (SSSR count). The van der Waals surface area contributed by atoms with Gasteiger partial charge in [0.2, 0.25) is 0 Å². The van der Waals surface area contributed by atoms with E-state index >= 15 is 0 Å². The number of aliphatic hydroxyl groups excluding tert-OH is 1. The lowest BCUT2D eigenvalue weighted by Gasteiger charge is -2.27. The van der Waals surface area contributed by atoms with Gasteiger partial charge in [-0.3, -0.25) is 4.79 Å². The van der Waals surface area contributed by atoms with E-state index in [0.29, 0.717) is 23.0 Å². The second-order valence-corrected chi connectivity index (χ2v) is 6.06. The van der Waals surface area contributed by atoms with E-state index in [2.05, 4.69) is 4.98 Å². The van der Waals surface area contributed by atoms with Crippen molar-refractivity contribution < 1.29 is 14.3 Å². The summed E-state index contributed by atoms with van der Waals surface area (Å²) in [5.41, 5.74) is 0.437. The summed E-state index contributed by atoms with van der Waals surface area (Å²) >= 11 is 1.40. The van der Waals surface area contributed by atoms with Gasteiger partial charge < -0.3 is 14.4 Å². The van der Waals surface area contributed by atoms with Gasteiger partial charge in [0.05, 0.1) is 18.9 Å². The van der Waals surface area contributed by atoms with Crippen LogP contribution in [0.15, 0.2) is 28.2 Å². The van der Waals surface area contributed by atoms with Crippen molar-refractivity contribution in [1.82, 2.24) is 9.88 Å². The average molecular weight is 306 g/mol. The van der Waals surface area contributed by atoms with Crippen LogP contribution in [0, 0.1) is 0 Å². The Morgan fingerprint density at radius 1 is 1.48 bits per heavy atom. The number of aliphatic hydroxyl groups is 1. The highest BCUT2D eigenvalue weighted by Crippen LogP contribution is 2.26. The molecule has 21 heavy (non-hydrogen) atoms. The summed E-state index contributed by atoms with van der Waals surface area (Å²) < 4.78 is 5.30. The van der Waals surface area contributed by atoms with Gasteiger partial charge in [-0.25, -0.2) is 4.98 Å². The minimum absolute atomic E-state index is 0.0148. The molecule has 0 bridgehead atoms. The zero-order chi connectivity index (χ0) is 14.7. The maximum absolute atomic E-state index is 12.6. The van der Waals surface area contributed by atoms with E-state index in [1.165, 1.54) is 11.3 Å². The monoisotopic (exact) mass is 306 g/mol. The number of rotatable bonds is 3. The van der Waals surface area contributed by atoms with Crippen LogP contribution in [0.1, 0.15) is 36.2 Å². The zero-order valence-corrected chi connectivity index (χ0v) is 12.5. The Labute approximate surface area is 127 Å². The minimum atomic E-state index is -0.0926. The first kappa shape index (κ1) is 14.3. The van der Waals surface area contributed by atoms with Crippen LogP contribution < -0.4 is 0 Å². The number of aromatic nitrogens is 1. The molecule has 3 heterocycles. The van der Waals surface area contributed by atoms with Gasteiger partial charge in [0.15, 0.2) is 10.8 Å². The Balaban J connectivity index is 1.80. The molecular weight excluding hydrogens is 288 g/mol. The van der Waals surface area contributed by atoms with Crippen molar-refractivity contribution >= 4 is 17.2 Å². The van der Waals surface area contributed by atoms with Crippen LogP contribution in [0.3, 0.4) is 0 Å². The third-order valence-corrected chi connectivity index (χ3v) is 4.66. The molecular formula is C15H18N2O3S. The second kappa shape index (κ2) is 6.41. The highest BCUT2D eigenvalue weighted by Gasteiger charge is 2.27. The average Bonchev–Trinajstić information content (AvgIpc) is 3.13. The summed E-state index contributed by atoms with van der Waals surface area (Å²) in [5, 5.41) is 12.0. The maximum Gasteiger partial charge on any atom is 0.273 e. The molecule has 0 spiro atoms. The predicted molar refractivity (Wildman–Crippen MR) is 80.2 cm³/mol. The number of carbonyl (C=O) groups is 1. The third-order valence-electron chi connectivity index (χ3n) is 3.80. The lowest BCUT2D eigenvalue weighted by molar-refractivity contribution is 0.0595. The van der Waals surface area contributed by atoms with Crippen molar-refractivity contribution in [1.29, 1.82) is 0 Å². The fourth-order valence-corrected chi connectivity index (χ4v) is 3.43. The van der Waals surface area contributed by atoms with Crippen LogP contribution >= 0.6 is 11.3 Å². The standard InChI is InChI=1S/C15H18N2O3S/c18-9-11-5-2-1-3-7-17(11)15(19)12-10-21-14(16-12)13-6-4-8-20-13/h4,6,8,10-11,18H,1-3,5,7,9H2. The van der Waals surface area contributed by atoms with Crippen molar-refractivity contribution in [2.24, 2.45) is 0 Å². The number of thiazole rings is 1. The molecule has 0 aliphatic carbocycles. The number of hydrogen-bond acceptors (Lipinski definition) is 5. The molecule has 1 unspecified atom stereocenters. The summed E-state index contributed by atoms with van der Waals surface area (Å²) in [7, 11) is 0. The molecule has 1 N–H and O–H groups in total. The lowest BCUT2D eigenvalue weighted by atomic mass is 10.1. The fraction of sp³-hybridized carbons (Fsp3) is 0.467. The quantitative estimate of drug-likeness (QED) is 0.947. The molecule has 1 saturated heterocycles. The van der Waals surface area contributed by atoms with E-state index in [9.17, 15) is 9.90 Å². The first-order chi connectivity index (χ1) is 10.3. The van der Waals surface area contributed by atoms with Crippen molar-refractivity contribution in [2.75, 3.05) is 13.2 Å². The normalized spacial score (nSPS) is 19.5. The molecule has 0 saturated carbocycles. The molecule has 5 nitrogen and oxygen atoms in total. The summed E-state index contributed by atoms with van der Waals surface area (Å²) in [6, 6.07) is 3.54. The van der Waals surface area contributed by atoms with Gasteiger partial charge in [0.25, 0.3) is 5.91 Å². The van der Waals surface area contributed by atoms with Crippen LogP contribution in [0.5, 0.6) is 0 Å². The van der Waals surface area contributed by atoms with E-state index in [4.69, 9.17) is 4.42 Å². The fourth-order valence-electron chi connectivity index (χ4n) is 2.67. The largest absolute Gasteiger partial charge is 0.462 e. The molecule has 2 aromatic rings. The van der Waals surface area contributed by atoms with E-state index in [0.717, 1.165) is 25.7 Å². The Bertz CT molecular complexity index is 594. The van der Waals surface area contributed by atoms with Crippen molar-refractivity contribution in [3.63, 3.8) is 0 Å². The van der Waals surface area contributed by atoms with Crippen molar-refractivity contribution in [3.8, 4) is 10.8 Å². The number of likely N-dealkylation sites (tertiary alicyclic amines) is 1. The minimum Gasteiger partial charge on any atom is -0.462 e. The third kappa shape index (κ3) is 3.01. The number of carbonyl (C=O) groups excluding carboxylic acids is 1. The number of furan rings is 1. The number of amides is 1. The van der Waals surface area contributed by atoms with Crippen molar-refractivity contribution in [3.05, 3.63) is 29.5 Å². The summed E-state index contributed by atoms with van der Waals surface area (Å²) in [6.45, 7) is 0.707. The van der Waals surface area contributed by atoms with Gasteiger partial charge >= 0.3 is 0 Å². The second-order valence-electron chi connectivity index (χ2n) is 5.20. The summed E-state index contributed by atoms with van der Waals surface area (Å²) in [6.07, 6.45) is 5.60. The number of nitrogens with zero attached hydrogens (tertiary/aromatic N) is 2. The molecule has 2 aromatic heterocycles. The molecule has 0 radical (unpaired) electrons. The zero-order valence-electron chi connectivity index (χ0n) is 11.7. The lowest BCUT2D eigenvalue weighted by Crippen LogP contribution is -2.42. The molecule has 112 valence electrons. The molecule has 0 aromatic carbocycles. The van der Waals surface area contributed by atoms with Crippen LogP contribution in [-0.4, -0.2) is 40.1 Å². The van der Waals surface area contributed by atoms with Crippen LogP contribution in [0.25, 0.3) is 10.8 Å². The van der Waals surface area contributed by atoms with Crippen LogP contribution in [0.2, 0.25) is 0 Å². The Kier molecular flexibility index (Phi) is 4.36. The molecule has 1 aliphatic rings. The Morgan fingerprint density at radius 3 is 3.14 bits per heavy atom. The topological polar surface area (TPSA) is 66.6 Å². The summed E-state index contributed by atoms with van der Waals surface area (Å²) in [5.74, 6) is 0.582. The van der Waals surface area contributed by atoms with Gasteiger partial charge in [-0.1, -0.05) is 12.8 Å². The Hall–Kier alpha value is -1.66. The first-order valence-electron chi connectivity index (χ1n) is 7.21. The molecule has 1 amide bonds. The molecule has 1 aliphatic heterocycles. The van der Waals surface area contributed by atoms with Gasteiger partial charge in [-0.2, -0.15) is 0 Å². The van der Waals surface area contributed by atoms with E-state index < -0.39 is 0 Å². The molecule has 6 heteroatoms. The Morgan fingerprint density at radius 2 is 2.38 bits per heavy atom. The highest BCUT2D eigenvalue weighted by molar-refractivity contribution is 7.13. The van der Waals surface area contributed by atoms with Gasteiger partial charge in [-0.15, -0.1) is 11.3 Å². The SMILES string of the molecule is O=C(c1csc(-c2ccco2)n1)N1CCCCCC1CO. The van der Waals surface area contributed by atoms with Crippen LogP contribution in [-0.2, 0) is 0 Å². The first-order valence-corrected chi connectivity index (χ1v) is 8.09. The van der Waals surface area contributed by atoms with Gasteiger partial charge in [0, 0.05) is 11.9 Å². The van der Waals surface area contributed by atoms with Crippen LogP contribution in [0.4, 0.5) is 0 Å². The summed E-state index contributed by atoms with van der Waals surface area (Å²) in [4.78, 5) is 18.8. The molecule has 1 atom stereocenters. The molecule has 1 fully saturated rings. The predicted octanol–water partition coefficient (Wildman–Crippen LogP) is 2.78. The van der Waals surface area contributed by atoms with E-state index in [-0.39, 0.29) is 18.6 Å². The van der Waals surface area contributed by atoms with Crippen molar-refractivity contribution in [2.45, 2.75) is 31.7 Å². The van der Waals surface area contributed by atoms with E-state index in [1.807, 2.05) is 6.07 Å². The highest BCUT2D eigenvalue weighted by atomic mass is 32.1. The smallest absolute Gasteiger partial charge is 0.273 e. The van der Waals surface area contributed by atoms with Gasteiger partial charge in [-0.05, 0) is 25.0 Å². The number of hydrogen-bond donors (Lipinski definition) is 1. The van der Waals surface area contributed by atoms with Gasteiger partial charge in [0.1, 0.15) is 5.69 Å². The maximum atomic E-state index is 12.6. The van der Waals surface area contributed by atoms with E-state index in [1.54, 1.807) is 22.6 Å².